The number of nitrogens with zero attached hydrogens (tertiary/aromatic N) is 2. The molecule has 1 aliphatic rings. The molecule has 0 atom stereocenters. The number of hydrogen-bond acceptors (Lipinski definition) is 3. The molecule has 7 heteroatoms. The van der Waals surface area contributed by atoms with Crippen molar-refractivity contribution >= 4 is 17.6 Å². The van der Waals surface area contributed by atoms with E-state index in [1.807, 2.05) is 49.1 Å². The van der Waals surface area contributed by atoms with E-state index in [-0.39, 0.29) is 17.8 Å². The van der Waals surface area contributed by atoms with E-state index in [0.717, 1.165) is 5.69 Å². The number of hydrogen-bond donors (Lipinski definition) is 2. The number of para-hydroxylation sites is 1. The predicted octanol–water partition coefficient (Wildman–Crippen LogP) is 3.07. The second kappa shape index (κ2) is 9.71. The molecule has 30 heavy (non-hydrogen) atoms. The first kappa shape index (κ1) is 21.8. The van der Waals surface area contributed by atoms with E-state index in [1.54, 1.807) is 23.1 Å². The molecule has 6 nitrogen and oxygen atoms in total. The summed E-state index contributed by atoms with van der Waals surface area (Å²) in [7, 11) is 0. The van der Waals surface area contributed by atoms with Crippen LogP contribution in [0.1, 0.15) is 19.4 Å². The number of amides is 3. The Kier molecular flexibility index (Phi) is 7.05. The van der Waals surface area contributed by atoms with Crippen LogP contribution in [0.25, 0.3) is 0 Å². The van der Waals surface area contributed by atoms with Crippen LogP contribution in [0.2, 0.25) is 0 Å². The van der Waals surface area contributed by atoms with E-state index in [1.165, 1.54) is 6.07 Å². The molecule has 0 bridgehead atoms. The molecule has 3 amide bonds. The van der Waals surface area contributed by atoms with Gasteiger partial charge in [-0.25, -0.2) is 9.18 Å². The van der Waals surface area contributed by atoms with E-state index < -0.39 is 5.41 Å². The van der Waals surface area contributed by atoms with Crippen molar-refractivity contribution in [1.29, 1.82) is 0 Å². The summed E-state index contributed by atoms with van der Waals surface area (Å²) < 4.78 is 14.1. The number of rotatable bonds is 6. The van der Waals surface area contributed by atoms with E-state index in [9.17, 15) is 14.0 Å². The molecule has 2 aromatic carbocycles. The van der Waals surface area contributed by atoms with E-state index in [0.29, 0.717) is 44.8 Å². The average Bonchev–Trinajstić information content (AvgIpc) is 2.73. The molecular formula is C23H29FN4O2. The average molecular weight is 413 g/mol. The largest absolute Gasteiger partial charge is 0.337 e. The highest BCUT2D eigenvalue weighted by Crippen LogP contribution is 2.24. The van der Waals surface area contributed by atoms with Crippen LogP contribution in [0.15, 0.2) is 54.6 Å². The van der Waals surface area contributed by atoms with Gasteiger partial charge in [0.25, 0.3) is 0 Å². The van der Waals surface area contributed by atoms with E-state index >= 15 is 0 Å². The second-order valence-corrected chi connectivity index (χ2v) is 8.20. The predicted molar refractivity (Wildman–Crippen MR) is 116 cm³/mol. The van der Waals surface area contributed by atoms with Gasteiger partial charge in [0.2, 0.25) is 5.91 Å². The number of carbonyl (C=O) groups is 2. The lowest BCUT2D eigenvalue weighted by Gasteiger charge is -2.35. The Labute approximate surface area is 177 Å². The summed E-state index contributed by atoms with van der Waals surface area (Å²) >= 11 is 0. The summed E-state index contributed by atoms with van der Waals surface area (Å²) in [5.74, 6) is -0.329. The summed E-state index contributed by atoms with van der Waals surface area (Å²) in [5, 5.41) is 5.81. The first-order chi connectivity index (χ1) is 14.3. The van der Waals surface area contributed by atoms with Crippen molar-refractivity contribution in [3.8, 4) is 0 Å². The lowest BCUT2D eigenvalue weighted by Crippen LogP contribution is -2.54. The Bertz CT molecular complexity index is 865. The Morgan fingerprint density at radius 3 is 2.27 bits per heavy atom. The van der Waals surface area contributed by atoms with Gasteiger partial charge in [-0.1, -0.05) is 50.2 Å². The van der Waals surface area contributed by atoms with E-state index in [2.05, 4.69) is 10.6 Å². The molecule has 0 radical (unpaired) electrons. The minimum absolute atomic E-state index is 0.0641. The fraction of sp³-hybridized carbons (Fsp3) is 0.391. The maximum atomic E-state index is 14.1. The molecule has 0 aromatic heterocycles. The summed E-state index contributed by atoms with van der Waals surface area (Å²) in [5.41, 5.74) is 0.843. The van der Waals surface area contributed by atoms with Crippen LogP contribution < -0.4 is 10.6 Å². The quantitative estimate of drug-likeness (QED) is 0.767. The lowest BCUT2D eigenvalue weighted by atomic mass is 9.84. The smallest absolute Gasteiger partial charge is 0.317 e. The van der Waals surface area contributed by atoms with Gasteiger partial charge in [0.15, 0.2) is 0 Å². The molecule has 0 saturated carbocycles. The molecular weight excluding hydrogens is 383 g/mol. The molecule has 1 aliphatic heterocycles. The lowest BCUT2D eigenvalue weighted by molar-refractivity contribution is -0.117. The molecule has 0 aliphatic carbocycles. The number of nitrogens with one attached hydrogen (secondary N) is 2. The summed E-state index contributed by atoms with van der Waals surface area (Å²) in [6.07, 6.45) is 0. The number of carbonyl (C=O) groups excluding carboxylic acids is 2. The SMILES string of the molecule is CC(C)(CNC(=O)N1CCN(CC(=O)Nc2ccccc2)CC1)c1ccccc1F. The third-order valence-electron chi connectivity index (χ3n) is 5.37. The van der Waals surface area contributed by atoms with Gasteiger partial charge in [-0.05, 0) is 23.8 Å². The van der Waals surface area contributed by atoms with Crippen molar-refractivity contribution in [2.75, 3.05) is 44.6 Å². The fourth-order valence-corrected chi connectivity index (χ4v) is 3.55. The Hall–Kier alpha value is -2.93. The normalized spacial score (nSPS) is 15.0. The monoisotopic (exact) mass is 412 g/mol. The van der Waals surface area contributed by atoms with Crippen molar-refractivity contribution < 1.29 is 14.0 Å². The second-order valence-electron chi connectivity index (χ2n) is 8.20. The Morgan fingerprint density at radius 2 is 1.60 bits per heavy atom. The van der Waals surface area contributed by atoms with Crippen molar-refractivity contribution in [1.82, 2.24) is 15.1 Å². The van der Waals surface area contributed by atoms with Crippen LogP contribution in [-0.2, 0) is 10.2 Å². The van der Waals surface area contributed by atoms with Crippen LogP contribution in [0, 0.1) is 5.82 Å². The molecule has 2 N–H and O–H groups in total. The highest BCUT2D eigenvalue weighted by molar-refractivity contribution is 5.92. The summed E-state index contributed by atoms with van der Waals surface area (Å²) in [4.78, 5) is 28.5. The fourth-order valence-electron chi connectivity index (χ4n) is 3.55. The summed E-state index contributed by atoms with van der Waals surface area (Å²) in [6, 6.07) is 15.8. The third-order valence-corrected chi connectivity index (χ3v) is 5.37. The first-order valence-corrected chi connectivity index (χ1v) is 10.2. The maximum Gasteiger partial charge on any atom is 0.317 e. The van der Waals surface area contributed by atoms with Gasteiger partial charge in [0, 0.05) is 43.8 Å². The van der Waals surface area contributed by atoms with Gasteiger partial charge in [-0.3, -0.25) is 9.69 Å². The van der Waals surface area contributed by atoms with Gasteiger partial charge in [-0.2, -0.15) is 0 Å². The number of piperazine rings is 1. The summed E-state index contributed by atoms with van der Waals surface area (Å²) in [6.45, 7) is 6.81. The van der Waals surface area contributed by atoms with Crippen LogP contribution in [-0.4, -0.2) is 61.0 Å². The molecule has 160 valence electrons. The minimum atomic E-state index is -0.516. The van der Waals surface area contributed by atoms with Crippen molar-refractivity contribution in [2.24, 2.45) is 0 Å². The molecule has 1 fully saturated rings. The number of benzene rings is 2. The molecule has 3 rings (SSSR count). The number of urea groups is 1. The van der Waals surface area contributed by atoms with Crippen LogP contribution >= 0.6 is 0 Å². The van der Waals surface area contributed by atoms with Gasteiger partial charge >= 0.3 is 6.03 Å². The highest BCUT2D eigenvalue weighted by Gasteiger charge is 2.27. The van der Waals surface area contributed by atoms with Crippen LogP contribution in [0.5, 0.6) is 0 Å². The minimum Gasteiger partial charge on any atom is -0.337 e. The van der Waals surface area contributed by atoms with Crippen LogP contribution in [0.4, 0.5) is 14.9 Å². The first-order valence-electron chi connectivity index (χ1n) is 10.2. The Morgan fingerprint density at radius 1 is 0.967 bits per heavy atom. The zero-order chi connectivity index (χ0) is 21.6. The number of halogens is 1. The molecule has 1 saturated heterocycles. The third kappa shape index (κ3) is 5.79. The molecule has 1 heterocycles. The van der Waals surface area contributed by atoms with Gasteiger partial charge < -0.3 is 15.5 Å². The standard InChI is InChI=1S/C23H29FN4O2/c1-23(2,19-10-6-7-11-20(19)24)17-25-22(30)28-14-12-27(13-15-28)16-21(29)26-18-8-4-3-5-9-18/h3-11H,12-17H2,1-2H3,(H,25,30)(H,26,29). The van der Waals surface area contributed by atoms with Gasteiger partial charge in [0.05, 0.1) is 6.54 Å². The molecule has 0 unspecified atom stereocenters. The number of anilines is 1. The van der Waals surface area contributed by atoms with Gasteiger partial charge in [-0.15, -0.1) is 0 Å². The zero-order valence-electron chi connectivity index (χ0n) is 17.5. The van der Waals surface area contributed by atoms with Crippen molar-refractivity contribution in [3.05, 3.63) is 66.0 Å². The van der Waals surface area contributed by atoms with Gasteiger partial charge in [0.1, 0.15) is 5.82 Å². The highest BCUT2D eigenvalue weighted by atomic mass is 19.1. The molecule has 0 spiro atoms. The van der Waals surface area contributed by atoms with Crippen molar-refractivity contribution in [3.63, 3.8) is 0 Å². The van der Waals surface area contributed by atoms with E-state index in [4.69, 9.17) is 0 Å². The van der Waals surface area contributed by atoms with Crippen LogP contribution in [0.3, 0.4) is 0 Å². The Balaban J connectivity index is 1.43. The van der Waals surface area contributed by atoms with Crippen molar-refractivity contribution in [2.45, 2.75) is 19.3 Å². The molecule has 2 aromatic rings. The zero-order valence-corrected chi connectivity index (χ0v) is 17.5. The topological polar surface area (TPSA) is 64.7 Å². The maximum absolute atomic E-state index is 14.1.